The lowest BCUT2D eigenvalue weighted by atomic mass is 10.2. The molecule has 1 atom stereocenters. The van der Waals surface area contributed by atoms with Crippen LogP contribution < -0.4 is 5.73 Å². The van der Waals surface area contributed by atoms with Crippen molar-refractivity contribution in [3.05, 3.63) is 24.7 Å². The van der Waals surface area contributed by atoms with Gasteiger partial charge in [0.2, 0.25) is 5.91 Å². The van der Waals surface area contributed by atoms with Crippen LogP contribution in [0.15, 0.2) is 19.0 Å². The molecule has 1 aliphatic rings. The number of rotatable bonds is 3. The summed E-state index contributed by atoms with van der Waals surface area (Å²) in [6.07, 6.45) is 4.90. The number of likely N-dealkylation sites (tertiary alicyclic amines) is 1. The van der Waals surface area contributed by atoms with Gasteiger partial charge in [-0.2, -0.15) is 5.10 Å². The second-order valence-corrected chi connectivity index (χ2v) is 5.29. The SMILES string of the molecule is C=CC(=O)N1CCCC1COC.CC.CC.Cc1[nH]nc2ncnc(N)c12. The molecule has 3 heterocycles. The number of amides is 1. The molecule has 0 bridgehead atoms. The Morgan fingerprint density at radius 1 is 1.41 bits per heavy atom. The van der Waals surface area contributed by atoms with Gasteiger partial charge in [-0.3, -0.25) is 9.89 Å². The smallest absolute Gasteiger partial charge is 0.246 e. The van der Waals surface area contributed by atoms with Gasteiger partial charge in [0, 0.05) is 19.3 Å². The number of ether oxygens (including phenoxy) is 1. The second kappa shape index (κ2) is 13.7. The lowest BCUT2D eigenvalue weighted by Gasteiger charge is -2.22. The molecule has 2 aromatic heterocycles. The summed E-state index contributed by atoms with van der Waals surface area (Å²) in [5.74, 6) is 0.496. The molecule has 0 radical (unpaired) electrons. The number of carbonyl (C=O) groups is 1. The average Bonchev–Trinajstić information content (AvgIpc) is 3.33. The highest BCUT2D eigenvalue weighted by atomic mass is 16.5. The number of hydrogen-bond acceptors (Lipinski definition) is 6. The van der Waals surface area contributed by atoms with E-state index in [1.165, 1.54) is 12.4 Å². The molecule has 1 aliphatic heterocycles. The van der Waals surface area contributed by atoms with E-state index in [2.05, 4.69) is 26.7 Å². The number of aromatic amines is 1. The minimum atomic E-state index is 0.0227. The van der Waals surface area contributed by atoms with Crippen molar-refractivity contribution in [2.24, 2.45) is 0 Å². The van der Waals surface area contributed by atoms with E-state index in [0.717, 1.165) is 30.5 Å². The monoisotopic (exact) mass is 378 g/mol. The highest BCUT2D eigenvalue weighted by Crippen LogP contribution is 2.17. The quantitative estimate of drug-likeness (QED) is 0.794. The first kappa shape index (κ1) is 24.5. The largest absolute Gasteiger partial charge is 0.383 e. The first-order valence-electron chi connectivity index (χ1n) is 9.41. The molecule has 0 aliphatic carbocycles. The van der Waals surface area contributed by atoms with E-state index in [9.17, 15) is 4.79 Å². The van der Waals surface area contributed by atoms with E-state index in [1.807, 2.05) is 39.5 Å². The number of hydrogen-bond donors (Lipinski definition) is 2. The average molecular weight is 379 g/mol. The number of methoxy groups -OCH3 is 1. The molecular formula is C19H34N6O2. The van der Waals surface area contributed by atoms with Crippen LogP contribution >= 0.6 is 0 Å². The predicted molar refractivity (Wildman–Crippen MR) is 110 cm³/mol. The highest BCUT2D eigenvalue weighted by molar-refractivity contribution is 5.87. The normalized spacial score (nSPS) is 14.9. The van der Waals surface area contributed by atoms with E-state index in [1.54, 1.807) is 7.11 Å². The zero-order valence-electron chi connectivity index (χ0n) is 17.5. The lowest BCUT2D eigenvalue weighted by molar-refractivity contribution is -0.127. The minimum absolute atomic E-state index is 0.0227. The van der Waals surface area contributed by atoms with E-state index < -0.39 is 0 Å². The van der Waals surface area contributed by atoms with Gasteiger partial charge in [0.1, 0.15) is 12.1 Å². The van der Waals surface area contributed by atoms with Crippen molar-refractivity contribution in [3.8, 4) is 0 Å². The molecule has 0 aromatic carbocycles. The fourth-order valence-electron chi connectivity index (χ4n) is 2.64. The van der Waals surface area contributed by atoms with Crippen molar-refractivity contribution in [2.75, 3.05) is 26.0 Å². The van der Waals surface area contributed by atoms with Crippen molar-refractivity contribution in [2.45, 2.75) is 53.5 Å². The van der Waals surface area contributed by atoms with Crippen LogP contribution in [0.3, 0.4) is 0 Å². The fraction of sp³-hybridized carbons (Fsp3) is 0.579. The Labute approximate surface area is 162 Å². The van der Waals surface area contributed by atoms with Gasteiger partial charge in [0.15, 0.2) is 5.65 Å². The Hall–Kier alpha value is -2.48. The van der Waals surface area contributed by atoms with Crippen LogP contribution in [0.5, 0.6) is 0 Å². The molecule has 152 valence electrons. The minimum Gasteiger partial charge on any atom is -0.383 e. The van der Waals surface area contributed by atoms with Crippen LogP contribution in [-0.4, -0.2) is 57.3 Å². The van der Waals surface area contributed by atoms with Gasteiger partial charge in [-0.1, -0.05) is 34.3 Å². The Balaban J connectivity index is 0.000000424. The number of nitrogens with one attached hydrogen (secondary N) is 1. The van der Waals surface area contributed by atoms with E-state index >= 15 is 0 Å². The van der Waals surface area contributed by atoms with Crippen LogP contribution in [0.4, 0.5) is 5.82 Å². The number of aromatic nitrogens is 4. The lowest BCUT2D eigenvalue weighted by Crippen LogP contribution is -2.36. The Bertz CT molecular complexity index is 686. The van der Waals surface area contributed by atoms with Gasteiger partial charge < -0.3 is 15.4 Å². The molecule has 1 saturated heterocycles. The Kier molecular flexibility index (Phi) is 12.4. The van der Waals surface area contributed by atoms with Gasteiger partial charge in [-0.25, -0.2) is 9.97 Å². The van der Waals surface area contributed by atoms with Crippen molar-refractivity contribution in [1.29, 1.82) is 0 Å². The molecule has 0 saturated carbocycles. The molecule has 3 N–H and O–H groups in total. The molecule has 1 fully saturated rings. The third-order valence-electron chi connectivity index (χ3n) is 3.75. The molecule has 3 rings (SSSR count). The van der Waals surface area contributed by atoms with Gasteiger partial charge in [-0.15, -0.1) is 0 Å². The zero-order valence-corrected chi connectivity index (χ0v) is 17.5. The summed E-state index contributed by atoms with van der Waals surface area (Å²) in [4.78, 5) is 20.9. The first-order chi connectivity index (χ1) is 13.1. The Morgan fingerprint density at radius 2 is 2.07 bits per heavy atom. The van der Waals surface area contributed by atoms with Crippen LogP contribution in [0.1, 0.15) is 46.2 Å². The molecule has 8 heteroatoms. The maximum Gasteiger partial charge on any atom is 0.246 e. The molecule has 8 nitrogen and oxygen atoms in total. The fourth-order valence-corrected chi connectivity index (χ4v) is 2.64. The van der Waals surface area contributed by atoms with Crippen LogP contribution in [0, 0.1) is 6.92 Å². The number of nitrogens with two attached hydrogens (primary N) is 1. The second-order valence-electron chi connectivity index (χ2n) is 5.29. The zero-order chi connectivity index (χ0) is 20.8. The topological polar surface area (TPSA) is 110 Å². The number of nitrogens with zero attached hydrogens (tertiary/aromatic N) is 4. The molecular weight excluding hydrogens is 344 g/mol. The number of carbonyl (C=O) groups excluding carboxylic acids is 1. The number of aryl methyl sites for hydroxylation is 1. The van der Waals surface area contributed by atoms with E-state index in [4.69, 9.17) is 10.5 Å². The molecule has 1 unspecified atom stereocenters. The predicted octanol–water partition coefficient (Wildman–Crippen LogP) is 3.11. The van der Waals surface area contributed by atoms with Crippen molar-refractivity contribution >= 4 is 22.8 Å². The summed E-state index contributed by atoms with van der Waals surface area (Å²) in [7, 11) is 1.66. The van der Waals surface area contributed by atoms with Crippen molar-refractivity contribution in [3.63, 3.8) is 0 Å². The Morgan fingerprint density at radius 3 is 2.63 bits per heavy atom. The number of nitrogen functional groups attached to an aromatic ring is 1. The van der Waals surface area contributed by atoms with Crippen molar-refractivity contribution in [1.82, 2.24) is 25.1 Å². The van der Waals surface area contributed by atoms with Crippen LogP contribution in [-0.2, 0) is 9.53 Å². The maximum atomic E-state index is 11.3. The summed E-state index contributed by atoms with van der Waals surface area (Å²) in [6, 6.07) is 0.264. The molecule has 27 heavy (non-hydrogen) atoms. The summed E-state index contributed by atoms with van der Waals surface area (Å²) >= 11 is 0. The molecule has 1 amide bonds. The summed E-state index contributed by atoms with van der Waals surface area (Å²) in [5, 5.41) is 7.52. The summed E-state index contributed by atoms with van der Waals surface area (Å²) < 4.78 is 5.02. The van der Waals surface area contributed by atoms with Gasteiger partial charge in [0.05, 0.1) is 18.0 Å². The van der Waals surface area contributed by atoms with Gasteiger partial charge >= 0.3 is 0 Å². The molecule has 2 aromatic rings. The van der Waals surface area contributed by atoms with Gasteiger partial charge in [-0.05, 0) is 25.8 Å². The van der Waals surface area contributed by atoms with Crippen LogP contribution in [0.25, 0.3) is 11.0 Å². The van der Waals surface area contributed by atoms with Gasteiger partial charge in [0.25, 0.3) is 0 Å². The first-order valence-corrected chi connectivity index (χ1v) is 9.41. The van der Waals surface area contributed by atoms with Crippen molar-refractivity contribution < 1.29 is 9.53 Å². The van der Waals surface area contributed by atoms with E-state index in [-0.39, 0.29) is 11.9 Å². The van der Waals surface area contributed by atoms with Crippen LogP contribution in [0.2, 0.25) is 0 Å². The number of fused-ring (bicyclic) bond motifs is 1. The molecule has 0 spiro atoms. The summed E-state index contributed by atoms with van der Waals surface area (Å²) in [5.41, 5.74) is 7.11. The summed E-state index contributed by atoms with van der Waals surface area (Å²) in [6.45, 7) is 14.8. The third kappa shape index (κ3) is 6.97. The third-order valence-corrected chi connectivity index (χ3v) is 3.75. The number of anilines is 1. The number of H-pyrrole nitrogens is 1. The van der Waals surface area contributed by atoms with E-state index in [0.29, 0.717) is 18.1 Å². The maximum absolute atomic E-state index is 11.3. The highest BCUT2D eigenvalue weighted by Gasteiger charge is 2.26. The standard InChI is InChI=1S/C9H15NO2.C6H7N5.2C2H6/c1-3-9(11)10-6-4-5-8(10)7-12-2;1-3-4-5(7)8-2-9-6(4)11-10-3;2*1-2/h3,8H,1,4-7H2,2H3;2H,1H3,(H3,7,8,9,10,11);2*1-2H3.